The number of cyclic esters (lactones) is 2. The molecule has 9 heteroatoms. The molecule has 2 heterocycles. The number of hydrogen-bond acceptors (Lipinski definition) is 7. The largest absolute Gasteiger partial charge is 0.419 e. The predicted molar refractivity (Wildman–Crippen MR) is 102 cm³/mol. The highest BCUT2D eigenvalue weighted by molar-refractivity contribution is 6.33. The van der Waals surface area contributed by atoms with E-state index < -0.39 is 23.6 Å². The van der Waals surface area contributed by atoms with Crippen LogP contribution in [0.15, 0.2) is 54.4 Å². The number of rotatable bonds is 4. The van der Waals surface area contributed by atoms with Gasteiger partial charge in [-0.25, -0.2) is 14.6 Å². The first-order chi connectivity index (χ1) is 13.3. The second kappa shape index (κ2) is 7.69. The summed E-state index contributed by atoms with van der Waals surface area (Å²) in [7, 11) is 0. The monoisotopic (exact) mass is 401 g/mol. The number of aromatic nitrogens is 1. The molecule has 1 aromatic carbocycles. The maximum Gasteiger partial charge on any atom is 0.350 e. The SMILES string of the molecule is CC1(C)OC(=O)C(=CNc2ccccc2NC(=O)c2cccnc2Cl)C(=O)O1. The molecule has 144 valence electrons. The Kier molecular flexibility index (Phi) is 5.32. The number of anilines is 2. The van der Waals surface area contributed by atoms with Gasteiger partial charge < -0.3 is 20.1 Å². The van der Waals surface area contributed by atoms with Crippen LogP contribution in [0.2, 0.25) is 5.15 Å². The van der Waals surface area contributed by atoms with Crippen LogP contribution in [0.4, 0.5) is 11.4 Å². The van der Waals surface area contributed by atoms with E-state index in [2.05, 4.69) is 15.6 Å². The van der Waals surface area contributed by atoms with Gasteiger partial charge >= 0.3 is 11.9 Å². The number of ether oxygens (including phenoxy) is 2. The zero-order valence-corrected chi connectivity index (χ0v) is 15.7. The molecule has 0 aliphatic carbocycles. The molecule has 8 nitrogen and oxygen atoms in total. The Balaban J connectivity index is 1.80. The maximum absolute atomic E-state index is 12.4. The van der Waals surface area contributed by atoms with Gasteiger partial charge in [-0.15, -0.1) is 0 Å². The van der Waals surface area contributed by atoms with Crippen molar-refractivity contribution in [3.8, 4) is 0 Å². The Morgan fingerprint density at radius 3 is 2.36 bits per heavy atom. The molecular formula is C19H16ClN3O5. The summed E-state index contributed by atoms with van der Waals surface area (Å²) in [6.07, 6.45) is 2.65. The van der Waals surface area contributed by atoms with Crippen LogP contribution in [-0.4, -0.2) is 28.6 Å². The summed E-state index contributed by atoms with van der Waals surface area (Å²) >= 11 is 5.94. The molecule has 0 spiro atoms. The van der Waals surface area contributed by atoms with Crippen molar-refractivity contribution in [2.45, 2.75) is 19.6 Å². The average Bonchev–Trinajstić information content (AvgIpc) is 2.61. The molecule has 2 N–H and O–H groups in total. The molecule has 0 saturated carbocycles. The number of pyridine rings is 1. The summed E-state index contributed by atoms with van der Waals surface area (Å²) in [6, 6.07) is 9.86. The van der Waals surface area contributed by atoms with Gasteiger partial charge in [0.1, 0.15) is 5.15 Å². The molecule has 1 amide bonds. The van der Waals surface area contributed by atoms with Crippen LogP contribution in [-0.2, 0) is 19.1 Å². The lowest BCUT2D eigenvalue weighted by Crippen LogP contribution is -2.42. The summed E-state index contributed by atoms with van der Waals surface area (Å²) in [6.45, 7) is 2.92. The highest BCUT2D eigenvalue weighted by Crippen LogP contribution is 2.25. The highest BCUT2D eigenvalue weighted by Gasteiger charge is 2.38. The van der Waals surface area contributed by atoms with Gasteiger partial charge in [0.15, 0.2) is 5.57 Å². The second-order valence-corrected chi connectivity index (χ2v) is 6.58. The van der Waals surface area contributed by atoms with E-state index in [0.717, 1.165) is 0 Å². The van der Waals surface area contributed by atoms with Gasteiger partial charge in [-0.05, 0) is 24.3 Å². The highest BCUT2D eigenvalue weighted by atomic mass is 35.5. The molecule has 1 aliphatic rings. The van der Waals surface area contributed by atoms with Crippen molar-refractivity contribution in [2.75, 3.05) is 10.6 Å². The number of nitrogens with one attached hydrogen (secondary N) is 2. The molecule has 0 atom stereocenters. The van der Waals surface area contributed by atoms with Gasteiger partial charge in [0.2, 0.25) is 0 Å². The van der Waals surface area contributed by atoms with Crippen molar-refractivity contribution in [3.63, 3.8) is 0 Å². The van der Waals surface area contributed by atoms with Gasteiger partial charge in [0, 0.05) is 26.2 Å². The van der Waals surface area contributed by atoms with E-state index in [1.54, 1.807) is 36.4 Å². The minimum Gasteiger partial charge on any atom is -0.419 e. The van der Waals surface area contributed by atoms with Crippen LogP contribution in [0.1, 0.15) is 24.2 Å². The van der Waals surface area contributed by atoms with Crippen LogP contribution < -0.4 is 10.6 Å². The molecule has 28 heavy (non-hydrogen) atoms. The number of para-hydroxylation sites is 2. The summed E-state index contributed by atoms with van der Waals surface area (Å²) in [5.74, 6) is -3.39. The second-order valence-electron chi connectivity index (χ2n) is 6.22. The average molecular weight is 402 g/mol. The van der Waals surface area contributed by atoms with Gasteiger partial charge in [-0.3, -0.25) is 4.79 Å². The molecule has 2 aromatic rings. The van der Waals surface area contributed by atoms with Crippen LogP contribution >= 0.6 is 11.6 Å². The van der Waals surface area contributed by atoms with E-state index in [4.69, 9.17) is 21.1 Å². The summed E-state index contributed by atoms with van der Waals surface area (Å²) in [4.78, 5) is 40.3. The Bertz CT molecular complexity index is 965. The number of carbonyl (C=O) groups excluding carboxylic acids is 3. The lowest BCUT2D eigenvalue weighted by atomic mass is 10.2. The fraction of sp³-hybridized carbons (Fsp3) is 0.158. The van der Waals surface area contributed by atoms with Crippen LogP contribution in [0, 0.1) is 0 Å². The number of halogens is 1. The molecule has 1 aliphatic heterocycles. The van der Waals surface area contributed by atoms with Gasteiger partial charge in [0.25, 0.3) is 11.7 Å². The number of amides is 1. The molecule has 1 fully saturated rings. The smallest absolute Gasteiger partial charge is 0.350 e. The Labute approximate surface area is 165 Å². The zero-order valence-electron chi connectivity index (χ0n) is 15.0. The molecule has 1 aromatic heterocycles. The molecule has 1 saturated heterocycles. The standard InChI is InChI=1S/C19H16ClN3O5/c1-19(2)27-17(25)12(18(26)28-19)10-22-13-7-3-4-8-14(13)23-16(24)11-6-5-9-21-15(11)20/h3-10,22H,1-2H3,(H,23,24). The minimum absolute atomic E-state index is 0.0721. The first kappa shape index (κ1) is 19.4. The minimum atomic E-state index is -1.32. The Morgan fingerprint density at radius 2 is 1.71 bits per heavy atom. The van der Waals surface area contributed by atoms with E-state index in [1.807, 2.05) is 0 Å². The number of carbonyl (C=O) groups is 3. The lowest BCUT2D eigenvalue weighted by Gasteiger charge is -2.29. The Hall–Kier alpha value is -3.39. The lowest BCUT2D eigenvalue weighted by molar-refractivity contribution is -0.222. The van der Waals surface area contributed by atoms with Gasteiger partial charge in [0.05, 0.1) is 16.9 Å². The van der Waals surface area contributed by atoms with Crippen LogP contribution in [0.25, 0.3) is 0 Å². The maximum atomic E-state index is 12.4. The van der Waals surface area contributed by atoms with E-state index in [9.17, 15) is 14.4 Å². The van der Waals surface area contributed by atoms with E-state index in [0.29, 0.717) is 11.4 Å². The number of hydrogen-bond donors (Lipinski definition) is 2. The van der Waals surface area contributed by atoms with Crippen molar-refractivity contribution >= 4 is 40.8 Å². The third-order valence-corrected chi connectivity index (χ3v) is 3.97. The fourth-order valence-corrected chi connectivity index (χ4v) is 2.60. The molecule has 3 rings (SSSR count). The zero-order chi connectivity index (χ0) is 20.3. The predicted octanol–water partition coefficient (Wildman–Crippen LogP) is 3.12. The number of nitrogens with zero attached hydrogens (tertiary/aromatic N) is 1. The topological polar surface area (TPSA) is 107 Å². The van der Waals surface area contributed by atoms with Crippen molar-refractivity contribution in [1.82, 2.24) is 4.98 Å². The van der Waals surface area contributed by atoms with E-state index in [1.165, 1.54) is 26.2 Å². The molecule has 0 radical (unpaired) electrons. The first-order valence-corrected chi connectivity index (χ1v) is 8.59. The third-order valence-electron chi connectivity index (χ3n) is 3.67. The van der Waals surface area contributed by atoms with Gasteiger partial charge in [-0.1, -0.05) is 23.7 Å². The normalized spacial score (nSPS) is 15.3. The van der Waals surface area contributed by atoms with Gasteiger partial charge in [-0.2, -0.15) is 0 Å². The van der Waals surface area contributed by atoms with Crippen LogP contribution in [0.5, 0.6) is 0 Å². The number of benzene rings is 1. The fourth-order valence-electron chi connectivity index (χ4n) is 2.39. The Morgan fingerprint density at radius 1 is 1.07 bits per heavy atom. The van der Waals surface area contributed by atoms with E-state index >= 15 is 0 Å². The van der Waals surface area contributed by atoms with E-state index in [-0.39, 0.29) is 16.3 Å². The first-order valence-electron chi connectivity index (χ1n) is 8.21. The summed E-state index contributed by atoms with van der Waals surface area (Å²) < 4.78 is 10.1. The van der Waals surface area contributed by atoms with Crippen molar-refractivity contribution < 1.29 is 23.9 Å². The summed E-state index contributed by atoms with van der Waals surface area (Å²) in [5.41, 5.74) is 0.755. The number of esters is 2. The van der Waals surface area contributed by atoms with Crippen molar-refractivity contribution in [3.05, 3.63) is 65.1 Å². The van der Waals surface area contributed by atoms with Crippen LogP contribution in [0.3, 0.4) is 0 Å². The summed E-state index contributed by atoms with van der Waals surface area (Å²) in [5, 5.41) is 5.59. The third kappa shape index (κ3) is 4.29. The van der Waals surface area contributed by atoms with Crippen molar-refractivity contribution in [1.29, 1.82) is 0 Å². The molecule has 0 bridgehead atoms. The molecular weight excluding hydrogens is 386 g/mol. The molecule has 0 unspecified atom stereocenters. The quantitative estimate of drug-likeness (QED) is 0.351. The van der Waals surface area contributed by atoms with Crippen molar-refractivity contribution in [2.24, 2.45) is 0 Å².